The van der Waals surface area contributed by atoms with Crippen molar-refractivity contribution in [1.29, 1.82) is 0 Å². The molecule has 0 aromatic heterocycles. The molecule has 18 heavy (non-hydrogen) atoms. The Bertz CT molecular complexity index is 705. The molecule has 0 radical (unpaired) electrons. The van der Waals surface area contributed by atoms with Crippen molar-refractivity contribution in [3.8, 4) is 11.1 Å². The molecule has 0 heterocycles. The van der Waals surface area contributed by atoms with Crippen LogP contribution in [0.25, 0.3) is 21.9 Å². The fourth-order valence-electron chi connectivity index (χ4n) is 2.22. The van der Waals surface area contributed by atoms with Crippen LogP contribution in [0.4, 0.5) is 5.69 Å². The highest BCUT2D eigenvalue weighted by atomic mass is 79.9. The molecule has 0 aliphatic carbocycles. The Morgan fingerprint density at radius 1 is 0.778 bits per heavy atom. The molecule has 3 rings (SSSR count). The summed E-state index contributed by atoms with van der Waals surface area (Å²) in [6, 6.07) is 20.7. The van der Waals surface area contributed by atoms with Crippen molar-refractivity contribution >= 4 is 32.4 Å². The summed E-state index contributed by atoms with van der Waals surface area (Å²) in [5.41, 5.74) is 9.32. The first-order chi connectivity index (χ1) is 8.77. The largest absolute Gasteiger partial charge is 0.397 e. The van der Waals surface area contributed by atoms with Gasteiger partial charge in [0.1, 0.15) is 0 Å². The lowest BCUT2D eigenvalue weighted by Crippen LogP contribution is -1.91. The number of benzene rings is 3. The standard InChI is InChI=1S/C16H12BrN/c17-15-10-14(11-6-2-1-3-7-11)12-8-4-5-9-13(12)16(15)18/h1-10H,18H2. The number of hydrogen-bond acceptors (Lipinski definition) is 1. The van der Waals surface area contributed by atoms with E-state index >= 15 is 0 Å². The van der Waals surface area contributed by atoms with Gasteiger partial charge in [-0.3, -0.25) is 0 Å². The second-order valence-electron chi connectivity index (χ2n) is 4.23. The maximum absolute atomic E-state index is 6.12. The van der Waals surface area contributed by atoms with Gasteiger partial charge in [0.2, 0.25) is 0 Å². The Kier molecular flexibility index (Phi) is 2.80. The molecule has 0 spiro atoms. The van der Waals surface area contributed by atoms with Gasteiger partial charge in [0, 0.05) is 9.86 Å². The second kappa shape index (κ2) is 4.46. The van der Waals surface area contributed by atoms with Crippen molar-refractivity contribution in [3.05, 3.63) is 65.1 Å². The predicted molar refractivity (Wildman–Crippen MR) is 81.5 cm³/mol. The Labute approximate surface area is 114 Å². The summed E-state index contributed by atoms with van der Waals surface area (Å²) in [5.74, 6) is 0. The fraction of sp³-hybridized carbons (Fsp3) is 0. The van der Waals surface area contributed by atoms with Crippen molar-refractivity contribution in [2.24, 2.45) is 0 Å². The number of halogens is 1. The zero-order valence-corrected chi connectivity index (χ0v) is 11.3. The van der Waals surface area contributed by atoms with E-state index in [4.69, 9.17) is 5.73 Å². The van der Waals surface area contributed by atoms with Crippen LogP contribution in [-0.4, -0.2) is 0 Å². The summed E-state index contributed by atoms with van der Waals surface area (Å²) >= 11 is 3.54. The third-order valence-corrected chi connectivity index (χ3v) is 3.78. The first-order valence-electron chi connectivity index (χ1n) is 5.79. The van der Waals surface area contributed by atoms with E-state index in [1.165, 1.54) is 16.5 Å². The topological polar surface area (TPSA) is 26.0 Å². The van der Waals surface area contributed by atoms with Crippen LogP contribution in [0.5, 0.6) is 0 Å². The molecular formula is C16H12BrN. The molecule has 0 saturated heterocycles. The van der Waals surface area contributed by atoms with E-state index in [0.29, 0.717) is 0 Å². The Balaban J connectivity index is 2.40. The van der Waals surface area contributed by atoms with Crippen LogP contribution in [-0.2, 0) is 0 Å². The molecule has 1 nitrogen and oxygen atoms in total. The summed E-state index contributed by atoms with van der Waals surface area (Å²) in [6.45, 7) is 0. The fourth-order valence-corrected chi connectivity index (χ4v) is 2.66. The van der Waals surface area contributed by atoms with Gasteiger partial charge in [0.25, 0.3) is 0 Å². The predicted octanol–water partition coefficient (Wildman–Crippen LogP) is 4.85. The van der Waals surface area contributed by atoms with Gasteiger partial charge in [-0.1, -0.05) is 54.6 Å². The van der Waals surface area contributed by atoms with Crippen molar-refractivity contribution in [3.63, 3.8) is 0 Å². The highest BCUT2D eigenvalue weighted by Gasteiger charge is 2.08. The van der Waals surface area contributed by atoms with Gasteiger partial charge >= 0.3 is 0 Å². The van der Waals surface area contributed by atoms with Crippen molar-refractivity contribution in [1.82, 2.24) is 0 Å². The molecule has 2 N–H and O–H groups in total. The minimum Gasteiger partial charge on any atom is -0.397 e. The van der Waals surface area contributed by atoms with Crippen molar-refractivity contribution in [2.75, 3.05) is 5.73 Å². The Morgan fingerprint density at radius 3 is 2.11 bits per heavy atom. The molecule has 0 saturated carbocycles. The van der Waals surface area contributed by atoms with Gasteiger partial charge < -0.3 is 5.73 Å². The Morgan fingerprint density at radius 2 is 1.39 bits per heavy atom. The molecule has 0 fully saturated rings. The van der Waals surface area contributed by atoms with Crippen LogP contribution in [0.1, 0.15) is 0 Å². The summed E-state index contributed by atoms with van der Waals surface area (Å²) in [4.78, 5) is 0. The first-order valence-corrected chi connectivity index (χ1v) is 6.59. The monoisotopic (exact) mass is 297 g/mol. The lowest BCUT2D eigenvalue weighted by Gasteiger charge is -2.11. The van der Waals surface area contributed by atoms with Crippen LogP contribution in [0.3, 0.4) is 0 Å². The number of nitrogen functional groups attached to an aromatic ring is 1. The number of anilines is 1. The number of hydrogen-bond donors (Lipinski definition) is 1. The summed E-state index contributed by atoms with van der Waals surface area (Å²) in [5, 5.41) is 2.27. The molecule has 0 bridgehead atoms. The number of fused-ring (bicyclic) bond motifs is 1. The molecule has 2 heteroatoms. The zero-order chi connectivity index (χ0) is 12.5. The van der Waals surface area contributed by atoms with Crippen LogP contribution < -0.4 is 5.73 Å². The van der Waals surface area contributed by atoms with Gasteiger partial charge in [-0.2, -0.15) is 0 Å². The maximum atomic E-state index is 6.12. The van der Waals surface area contributed by atoms with E-state index in [-0.39, 0.29) is 0 Å². The highest BCUT2D eigenvalue weighted by Crippen LogP contribution is 2.36. The molecule has 3 aromatic rings. The van der Waals surface area contributed by atoms with Gasteiger partial charge in [-0.05, 0) is 38.5 Å². The van der Waals surface area contributed by atoms with Crippen LogP contribution in [0, 0.1) is 0 Å². The van der Waals surface area contributed by atoms with E-state index in [1.54, 1.807) is 0 Å². The molecule has 88 valence electrons. The number of rotatable bonds is 1. The summed E-state index contributed by atoms with van der Waals surface area (Å²) < 4.78 is 0.944. The minimum atomic E-state index is 0.797. The van der Waals surface area contributed by atoms with Gasteiger partial charge in [-0.25, -0.2) is 0 Å². The second-order valence-corrected chi connectivity index (χ2v) is 5.09. The van der Waals surface area contributed by atoms with E-state index in [1.807, 2.05) is 30.3 Å². The minimum absolute atomic E-state index is 0.797. The third kappa shape index (κ3) is 1.79. The quantitative estimate of drug-likeness (QED) is 0.638. The molecule has 0 amide bonds. The molecule has 0 atom stereocenters. The van der Waals surface area contributed by atoms with Crippen LogP contribution in [0.15, 0.2) is 65.1 Å². The first kappa shape index (κ1) is 11.3. The van der Waals surface area contributed by atoms with Gasteiger partial charge in [0.05, 0.1) is 5.69 Å². The highest BCUT2D eigenvalue weighted by molar-refractivity contribution is 9.10. The SMILES string of the molecule is Nc1c(Br)cc(-c2ccccc2)c2ccccc12. The average Bonchev–Trinajstić information content (AvgIpc) is 2.44. The third-order valence-electron chi connectivity index (χ3n) is 3.12. The van der Waals surface area contributed by atoms with E-state index in [2.05, 4.69) is 46.3 Å². The Hall–Kier alpha value is -1.80. The van der Waals surface area contributed by atoms with Crippen molar-refractivity contribution in [2.45, 2.75) is 0 Å². The van der Waals surface area contributed by atoms with E-state index in [9.17, 15) is 0 Å². The summed E-state index contributed by atoms with van der Waals surface area (Å²) in [7, 11) is 0. The number of nitrogens with two attached hydrogens (primary N) is 1. The zero-order valence-electron chi connectivity index (χ0n) is 9.73. The van der Waals surface area contributed by atoms with E-state index < -0.39 is 0 Å². The smallest absolute Gasteiger partial charge is 0.0538 e. The molecule has 0 unspecified atom stereocenters. The molecule has 0 aliphatic heterocycles. The van der Waals surface area contributed by atoms with Crippen LogP contribution >= 0.6 is 15.9 Å². The van der Waals surface area contributed by atoms with Gasteiger partial charge in [0.15, 0.2) is 0 Å². The summed E-state index contributed by atoms with van der Waals surface area (Å²) in [6.07, 6.45) is 0. The normalized spacial score (nSPS) is 10.7. The van der Waals surface area contributed by atoms with Gasteiger partial charge in [-0.15, -0.1) is 0 Å². The maximum Gasteiger partial charge on any atom is 0.0538 e. The van der Waals surface area contributed by atoms with E-state index in [0.717, 1.165) is 15.5 Å². The molecular weight excluding hydrogens is 286 g/mol. The van der Waals surface area contributed by atoms with Crippen LogP contribution in [0.2, 0.25) is 0 Å². The average molecular weight is 298 g/mol. The molecule has 3 aromatic carbocycles. The lowest BCUT2D eigenvalue weighted by atomic mass is 9.97. The van der Waals surface area contributed by atoms with Crippen molar-refractivity contribution < 1.29 is 0 Å². The molecule has 0 aliphatic rings. The lowest BCUT2D eigenvalue weighted by molar-refractivity contribution is 1.62.